The lowest BCUT2D eigenvalue weighted by atomic mass is 10.1. The molecule has 0 saturated heterocycles. The number of allylic oxidation sites excluding steroid dienone is 4. The number of pyridine rings is 1. The second-order valence-electron chi connectivity index (χ2n) is 5.01. The quantitative estimate of drug-likeness (QED) is 0.454. The molecule has 0 atom stereocenters. The highest BCUT2D eigenvalue weighted by Gasteiger charge is 2.06. The molecule has 0 unspecified atom stereocenters. The van der Waals surface area contributed by atoms with Gasteiger partial charge in [-0.15, -0.1) is 0 Å². The molecule has 0 radical (unpaired) electrons. The smallest absolute Gasteiger partial charge is 0.285 e. The molecule has 0 spiro atoms. The summed E-state index contributed by atoms with van der Waals surface area (Å²) < 4.78 is 1.35. The van der Waals surface area contributed by atoms with Crippen molar-refractivity contribution >= 4 is 5.69 Å². The van der Waals surface area contributed by atoms with Gasteiger partial charge in [-0.05, 0) is 33.6 Å². The predicted molar refractivity (Wildman–Crippen MR) is 79.8 cm³/mol. The van der Waals surface area contributed by atoms with E-state index in [0.717, 1.165) is 12.8 Å². The Kier molecular flexibility index (Phi) is 5.90. The topological polar surface area (TPSA) is 65.1 Å². The van der Waals surface area contributed by atoms with Crippen molar-refractivity contribution in [2.24, 2.45) is 0 Å². The van der Waals surface area contributed by atoms with E-state index in [1.807, 2.05) is 13.0 Å². The highest BCUT2D eigenvalue weighted by atomic mass is 16.6. The fourth-order valence-corrected chi connectivity index (χ4v) is 1.71. The summed E-state index contributed by atoms with van der Waals surface area (Å²) in [5, 5.41) is 10.7. The van der Waals surface area contributed by atoms with Crippen LogP contribution in [0.2, 0.25) is 0 Å². The van der Waals surface area contributed by atoms with Gasteiger partial charge in [0, 0.05) is 18.7 Å². The molecule has 0 aliphatic rings. The SMILES string of the molecule is CC(C)=CCC/C(C)=C\Cn1cc([N+](=O)[O-])ccc1=O. The van der Waals surface area contributed by atoms with E-state index >= 15 is 0 Å². The molecule has 0 aliphatic carbocycles. The van der Waals surface area contributed by atoms with Gasteiger partial charge in [-0.3, -0.25) is 14.9 Å². The summed E-state index contributed by atoms with van der Waals surface area (Å²) in [5.74, 6) is 0. The Hall–Kier alpha value is -2.17. The van der Waals surface area contributed by atoms with Gasteiger partial charge in [-0.2, -0.15) is 0 Å². The highest BCUT2D eigenvalue weighted by molar-refractivity contribution is 5.25. The number of rotatable bonds is 6. The van der Waals surface area contributed by atoms with Crippen LogP contribution in [0, 0.1) is 10.1 Å². The summed E-state index contributed by atoms with van der Waals surface area (Å²) in [7, 11) is 0. The number of nitrogens with zero attached hydrogens (tertiary/aromatic N) is 2. The van der Waals surface area contributed by atoms with Gasteiger partial charge in [-0.25, -0.2) is 0 Å². The van der Waals surface area contributed by atoms with E-state index in [1.165, 1.54) is 34.0 Å². The van der Waals surface area contributed by atoms with Crippen molar-refractivity contribution in [2.75, 3.05) is 0 Å². The van der Waals surface area contributed by atoms with Crippen LogP contribution in [-0.4, -0.2) is 9.49 Å². The Labute approximate surface area is 118 Å². The molecule has 1 aromatic rings. The summed E-state index contributed by atoms with van der Waals surface area (Å²) in [6, 6.07) is 2.45. The van der Waals surface area contributed by atoms with Crippen LogP contribution >= 0.6 is 0 Å². The number of aromatic nitrogens is 1. The number of hydrogen-bond acceptors (Lipinski definition) is 3. The summed E-state index contributed by atoms with van der Waals surface area (Å²) in [6.45, 7) is 6.48. The molecule has 0 N–H and O–H groups in total. The molecule has 0 saturated carbocycles. The van der Waals surface area contributed by atoms with Crippen molar-refractivity contribution in [3.05, 3.63) is 62.1 Å². The van der Waals surface area contributed by atoms with Crippen LogP contribution in [0.1, 0.15) is 33.6 Å². The maximum Gasteiger partial charge on any atom is 0.285 e. The summed E-state index contributed by atoms with van der Waals surface area (Å²) >= 11 is 0. The number of hydrogen-bond donors (Lipinski definition) is 0. The molecule has 0 aliphatic heterocycles. The maximum absolute atomic E-state index is 11.6. The molecule has 1 heterocycles. The maximum atomic E-state index is 11.6. The Morgan fingerprint density at radius 2 is 2.00 bits per heavy atom. The van der Waals surface area contributed by atoms with Gasteiger partial charge in [0.25, 0.3) is 11.2 Å². The first-order valence-electron chi connectivity index (χ1n) is 6.54. The van der Waals surface area contributed by atoms with Gasteiger partial charge >= 0.3 is 0 Å². The monoisotopic (exact) mass is 276 g/mol. The van der Waals surface area contributed by atoms with Gasteiger partial charge in [-0.1, -0.05) is 23.3 Å². The third-order valence-corrected chi connectivity index (χ3v) is 2.91. The normalized spacial score (nSPS) is 11.2. The third-order valence-electron chi connectivity index (χ3n) is 2.91. The van der Waals surface area contributed by atoms with E-state index in [4.69, 9.17) is 0 Å². The molecule has 0 aromatic carbocycles. The summed E-state index contributed by atoms with van der Waals surface area (Å²) in [6.07, 6.45) is 7.27. The van der Waals surface area contributed by atoms with Gasteiger partial charge in [0.05, 0.1) is 11.1 Å². The standard InChI is InChI=1S/C15H20N2O3/c1-12(2)5-4-6-13(3)9-10-16-11-14(17(19)20)7-8-15(16)18/h5,7-9,11H,4,6,10H2,1-3H3/b13-9-. The molecular formula is C15H20N2O3. The van der Waals surface area contributed by atoms with E-state index < -0.39 is 4.92 Å². The first-order chi connectivity index (χ1) is 9.40. The lowest BCUT2D eigenvalue weighted by molar-refractivity contribution is -0.385. The Morgan fingerprint density at radius 3 is 2.60 bits per heavy atom. The van der Waals surface area contributed by atoms with E-state index in [9.17, 15) is 14.9 Å². The predicted octanol–water partition coefficient (Wildman–Crippen LogP) is 3.45. The van der Waals surface area contributed by atoms with Crippen LogP contribution in [0.15, 0.2) is 46.4 Å². The van der Waals surface area contributed by atoms with Crippen molar-refractivity contribution < 1.29 is 4.92 Å². The van der Waals surface area contributed by atoms with Crippen LogP contribution < -0.4 is 5.56 Å². The van der Waals surface area contributed by atoms with Gasteiger partial charge in [0.1, 0.15) is 0 Å². The zero-order valence-electron chi connectivity index (χ0n) is 12.1. The largest absolute Gasteiger partial charge is 0.305 e. The summed E-state index contributed by atoms with van der Waals surface area (Å²) in [4.78, 5) is 21.8. The van der Waals surface area contributed by atoms with Crippen molar-refractivity contribution in [3.63, 3.8) is 0 Å². The van der Waals surface area contributed by atoms with Gasteiger partial charge in [0.15, 0.2) is 0 Å². The first-order valence-corrected chi connectivity index (χ1v) is 6.54. The minimum Gasteiger partial charge on any atom is -0.305 e. The van der Waals surface area contributed by atoms with Crippen LogP contribution in [0.3, 0.4) is 0 Å². The third kappa shape index (κ3) is 5.22. The highest BCUT2D eigenvalue weighted by Crippen LogP contribution is 2.09. The second-order valence-corrected chi connectivity index (χ2v) is 5.01. The number of nitro groups is 1. The van der Waals surface area contributed by atoms with Crippen molar-refractivity contribution in [1.82, 2.24) is 4.57 Å². The Morgan fingerprint density at radius 1 is 1.30 bits per heavy atom. The van der Waals surface area contributed by atoms with E-state index in [2.05, 4.69) is 19.9 Å². The molecule has 0 bridgehead atoms. The molecule has 0 fully saturated rings. The van der Waals surface area contributed by atoms with Crippen LogP contribution in [0.25, 0.3) is 0 Å². The minimum absolute atomic E-state index is 0.0693. The Bertz CT molecular complexity index is 593. The summed E-state index contributed by atoms with van der Waals surface area (Å²) in [5.41, 5.74) is 2.15. The fourth-order valence-electron chi connectivity index (χ4n) is 1.71. The average molecular weight is 276 g/mol. The van der Waals surface area contributed by atoms with Crippen LogP contribution in [0.5, 0.6) is 0 Å². The van der Waals surface area contributed by atoms with E-state index in [-0.39, 0.29) is 11.2 Å². The van der Waals surface area contributed by atoms with Crippen LogP contribution in [-0.2, 0) is 6.54 Å². The fraction of sp³-hybridized carbons (Fsp3) is 0.400. The molecule has 1 aromatic heterocycles. The molecule has 0 amide bonds. The zero-order chi connectivity index (χ0) is 15.1. The lowest BCUT2D eigenvalue weighted by Crippen LogP contribution is -2.18. The van der Waals surface area contributed by atoms with Gasteiger partial charge in [0.2, 0.25) is 0 Å². The molecule has 5 nitrogen and oxygen atoms in total. The lowest BCUT2D eigenvalue weighted by Gasteiger charge is -2.03. The molecule has 5 heteroatoms. The van der Waals surface area contributed by atoms with Gasteiger partial charge < -0.3 is 4.57 Å². The zero-order valence-corrected chi connectivity index (χ0v) is 12.1. The average Bonchev–Trinajstić information content (AvgIpc) is 2.37. The van der Waals surface area contributed by atoms with E-state index in [0.29, 0.717) is 6.54 Å². The van der Waals surface area contributed by atoms with Crippen LogP contribution in [0.4, 0.5) is 5.69 Å². The second kappa shape index (κ2) is 7.43. The minimum atomic E-state index is -0.499. The first kappa shape index (κ1) is 15.9. The van der Waals surface area contributed by atoms with Crippen molar-refractivity contribution in [3.8, 4) is 0 Å². The molecular weight excluding hydrogens is 256 g/mol. The molecule has 1 rings (SSSR count). The molecule has 108 valence electrons. The van der Waals surface area contributed by atoms with Crippen molar-refractivity contribution in [1.29, 1.82) is 0 Å². The molecule has 20 heavy (non-hydrogen) atoms. The Balaban J connectivity index is 2.73. The van der Waals surface area contributed by atoms with Crippen molar-refractivity contribution in [2.45, 2.75) is 40.2 Å². The van der Waals surface area contributed by atoms with E-state index in [1.54, 1.807) is 0 Å².